The molecule has 0 aliphatic carbocycles. The fraction of sp³-hybridized carbons (Fsp3) is 0.455. The molecule has 0 spiro atoms. The molecule has 82 heavy (non-hydrogen) atoms. The molecule has 18 atom stereocenters. The molecule has 0 aromatic heterocycles. The van der Waals surface area contributed by atoms with Crippen LogP contribution in [-0.4, -0.2) is 124 Å². The number of ether oxygens (including phenoxy) is 15. The first-order chi connectivity index (χ1) is 40.5. The summed E-state index contributed by atoms with van der Waals surface area (Å²) in [6, 6.07) is 58.9. The van der Waals surface area contributed by atoms with E-state index in [9.17, 15) is 5.11 Å². The number of rotatable bonds is 22. The van der Waals surface area contributed by atoms with Crippen molar-refractivity contribution in [3.05, 3.63) is 215 Å². The number of fused-ring (bicyclic) bond motifs is 3. The van der Waals surface area contributed by atoms with Crippen LogP contribution in [0.1, 0.15) is 84.9 Å². The molecule has 16 heteroatoms. The molecule has 6 saturated heterocycles. The van der Waals surface area contributed by atoms with Crippen molar-refractivity contribution in [3.8, 4) is 0 Å². The zero-order valence-corrected chi connectivity index (χ0v) is 46.1. The van der Waals surface area contributed by atoms with Gasteiger partial charge in [0, 0.05) is 23.3 Å². The topological polar surface area (TPSA) is 159 Å². The highest BCUT2D eigenvalue weighted by molar-refractivity contribution is 5.21. The third-order valence-corrected chi connectivity index (χ3v) is 15.8. The Hall–Kier alpha value is -5.32. The van der Waals surface area contributed by atoms with Gasteiger partial charge in [-0.1, -0.05) is 208 Å². The summed E-state index contributed by atoms with van der Waals surface area (Å²) < 4.78 is 103. The molecular weight excluding hydrogens is 1050 g/mol. The first-order valence-electron chi connectivity index (χ1n) is 29.0. The summed E-state index contributed by atoms with van der Waals surface area (Å²) in [4.78, 5) is 0. The predicted octanol–water partition coefficient (Wildman–Crippen LogP) is 9.99. The van der Waals surface area contributed by atoms with Crippen molar-refractivity contribution in [2.24, 2.45) is 0 Å². The van der Waals surface area contributed by atoms with Gasteiger partial charge in [0.05, 0.1) is 39.6 Å². The average molecular weight is 1120 g/mol. The van der Waals surface area contributed by atoms with Crippen molar-refractivity contribution in [2.75, 3.05) is 26.4 Å². The standard InChI is InChI=1S/C66H74O16/c1-2-3-4-23-36-68-65-59(57(70-38-44-26-13-6-14-27-44)54-50(76-65)41-73-62(79-54)47-32-19-9-20-33-47)82-66-60(58(71-39-45-28-15-7-16-29-45)55-51(77-66)42-74-63(80-55)48-34-21-10-22-35-48)81-64-52(67)56(69-37-43-24-11-5-12-25-43)53-49(75-64)40-72-61(78-53)46-30-17-8-18-31-46/h5-22,24-35,49-67H,2-4,23,36-42H2,1H3/t49-,50-,51-,52+,53-,54-,55-,56-,57+,58+,59+,60+,61?,62?,63?,64+,65-,66+/m1/s1. The number of unbranched alkanes of at least 4 members (excludes halogenated alkanes) is 3. The summed E-state index contributed by atoms with van der Waals surface area (Å²) in [5.41, 5.74) is 5.25. The van der Waals surface area contributed by atoms with Crippen LogP contribution < -0.4 is 0 Å². The summed E-state index contributed by atoms with van der Waals surface area (Å²) in [5.74, 6) is 0. The molecule has 0 amide bonds. The summed E-state index contributed by atoms with van der Waals surface area (Å²) in [6.07, 6.45) is -12.8. The van der Waals surface area contributed by atoms with E-state index < -0.39 is 111 Å². The van der Waals surface area contributed by atoms with Gasteiger partial charge in [-0.25, -0.2) is 0 Å². The summed E-state index contributed by atoms with van der Waals surface area (Å²) in [7, 11) is 0. The quantitative estimate of drug-likeness (QED) is 0.0640. The van der Waals surface area contributed by atoms with Crippen LogP contribution in [0.25, 0.3) is 0 Å². The Balaban J connectivity index is 0.920. The Morgan fingerprint density at radius 3 is 1.15 bits per heavy atom. The zero-order chi connectivity index (χ0) is 55.5. The predicted molar refractivity (Wildman–Crippen MR) is 297 cm³/mol. The highest BCUT2D eigenvalue weighted by Gasteiger charge is 2.59. The molecular formula is C66H74O16. The van der Waals surface area contributed by atoms with Crippen molar-refractivity contribution in [2.45, 2.75) is 163 Å². The lowest BCUT2D eigenvalue weighted by molar-refractivity contribution is -0.430. The largest absolute Gasteiger partial charge is 0.385 e. The maximum atomic E-state index is 12.9. The van der Waals surface area contributed by atoms with E-state index in [2.05, 4.69) is 6.92 Å². The minimum Gasteiger partial charge on any atom is -0.385 e. The van der Waals surface area contributed by atoms with Crippen molar-refractivity contribution in [1.82, 2.24) is 0 Å². The molecule has 6 aliphatic rings. The number of hydrogen-bond donors (Lipinski definition) is 1. The van der Waals surface area contributed by atoms with Crippen LogP contribution in [0.4, 0.5) is 0 Å². The van der Waals surface area contributed by atoms with E-state index in [0.29, 0.717) is 6.61 Å². The Morgan fingerprint density at radius 2 is 0.720 bits per heavy atom. The monoisotopic (exact) mass is 1120 g/mol. The fourth-order valence-electron chi connectivity index (χ4n) is 11.5. The first-order valence-corrected chi connectivity index (χ1v) is 29.0. The van der Waals surface area contributed by atoms with Gasteiger partial charge in [-0.15, -0.1) is 0 Å². The van der Waals surface area contributed by atoms with Crippen LogP contribution in [0.2, 0.25) is 0 Å². The Labute approximate surface area is 479 Å². The zero-order valence-electron chi connectivity index (χ0n) is 46.1. The molecule has 6 aliphatic heterocycles. The highest BCUT2D eigenvalue weighted by Crippen LogP contribution is 2.44. The molecule has 12 rings (SSSR count). The van der Waals surface area contributed by atoms with E-state index in [1.165, 1.54) is 0 Å². The molecule has 6 aromatic carbocycles. The second kappa shape index (κ2) is 28.0. The SMILES string of the molecule is CCCCCCO[C@@H]1O[C@@H]2COC(c3ccccc3)O[C@H]2[C@H](OCc2ccccc2)[C@@H]1O[C@@H]1O[C@@H]2COC(c3ccccc3)O[C@H]2[C@H](OCc2ccccc2)[C@@H]1O[C@@H]1O[C@@H]2COC(c3ccccc3)O[C@H]2[C@H](OCc2ccccc2)[C@@H]1O. The molecule has 6 aromatic rings. The lowest BCUT2D eigenvalue weighted by Crippen LogP contribution is -2.69. The summed E-state index contributed by atoms with van der Waals surface area (Å²) >= 11 is 0. The molecule has 3 unspecified atom stereocenters. The molecule has 6 heterocycles. The van der Waals surface area contributed by atoms with Gasteiger partial charge in [0.1, 0.15) is 73.2 Å². The van der Waals surface area contributed by atoms with E-state index in [1.807, 2.05) is 182 Å². The van der Waals surface area contributed by atoms with Gasteiger partial charge < -0.3 is 76.2 Å². The van der Waals surface area contributed by atoms with Gasteiger partial charge in [-0.2, -0.15) is 0 Å². The van der Waals surface area contributed by atoms with E-state index in [4.69, 9.17) is 71.1 Å². The average Bonchev–Trinajstić information content (AvgIpc) is 3.52. The molecule has 0 saturated carbocycles. The van der Waals surface area contributed by atoms with E-state index in [1.54, 1.807) is 0 Å². The maximum absolute atomic E-state index is 12.9. The van der Waals surface area contributed by atoms with Gasteiger partial charge in [0.15, 0.2) is 37.7 Å². The maximum Gasteiger partial charge on any atom is 0.187 e. The van der Waals surface area contributed by atoms with E-state index in [0.717, 1.165) is 59.1 Å². The van der Waals surface area contributed by atoms with Crippen LogP contribution in [0.3, 0.4) is 0 Å². The molecule has 434 valence electrons. The number of aliphatic hydroxyl groups excluding tert-OH is 1. The van der Waals surface area contributed by atoms with Gasteiger partial charge in [0.2, 0.25) is 0 Å². The number of hydrogen-bond acceptors (Lipinski definition) is 16. The van der Waals surface area contributed by atoms with Crippen molar-refractivity contribution >= 4 is 0 Å². The minimum atomic E-state index is -1.43. The van der Waals surface area contributed by atoms with Crippen molar-refractivity contribution in [3.63, 3.8) is 0 Å². The first kappa shape index (κ1) is 57.1. The lowest BCUT2D eigenvalue weighted by Gasteiger charge is -2.53. The third kappa shape index (κ3) is 13.8. The Bertz CT molecular complexity index is 2810. The highest BCUT2D eigenvalue weighted by atomic mass is 16.8. The summed E-state index contributed by atoms with van der Waals surface area (Å²) in [6.45, 7) is 3.51. The fourth-order valence-corrected chi connectivity index (χ4v) is 11.5. The minimum absolute atomic E-state index is 0.105. The van der Waals surface area contributed by atoms with Gasteiger partial charge in [-0.3, -0.25) is 0 Å². The van der Waals surface area contributed by atoms with Crippen LogP contribution in [-0.2, 0) is 90.9 Å². The smallest absolute Gasteiger partial charge is 0.187 e. The van der Waals surface area contributed by atoms with E-state index in [-0.39, 0.29) is 39.6 Å². The Kier molecular flexibility index (Phi) is 19.5. The van der Waals surface area contributed by atoms with Crippen molar-refractivity contribution < 1.29 is 76.2 Å². The molecule has 0 radical (unpaired) electrons. The van der Waals surface area contributed by atoms with Gasteiger partial charge in [-0.05, 0) is 23.1 Å². The second-order valence-electron chi connectivity index (χ2n) is 21.6. The second-order valence-corrected chi connectivity index (χ2v) is 21.6. The summed E-state index contributed by atoms with van der Waals surface area (Å²) in [5, 5.41) is 12.9. The molecule has 16 nitrogen and oxygen atoms in total. The van der Waals surface area contributed by atoms with Crippen LogP contribution in [0.5, 0.6) is 0 Å². The lowest BCUT2D eigenvalue weighted by atomic mass is 9.94. The van der Waals surface area contributed by atoms with Gasteiger partial charge >= 0.3 is 0 Å². The van der Waals surface area contributed by atoms with Crippen LogP contribution in [0.15, 0.2) is 182 Å². The van der Waals surface area contributed by atoms with Crippen LogP contribution in [0, 0.1) is 0 Å². The van der Waals surface area contributed by atoms with Gasteiger partial charge in [0.25, 0.3) is 0 Å². The molecule has 6 fully saturated rings. The third-order valence-electron chi connectivity index (χ3n) is 15.8. The van der Waals surface area contributed by atoms with Crippen LogP contribution >= 0.6 is 0 Å². The Morgan fingerprint density at radius 1 is 0.366 bits per heavy atom. The normalized spacial score (nSPS) is 33.6. The molecule has 1 N–H and O–H groups in total. The number of benzene rings is 6. The number of aliphatic hydroxyl groups is 1. The van der Waals surface area contributed by atoms with Crippen molar-refractivity contribution in [1.29, 1.82) is 0 Å². The van der Waals surface area contributed by atoms with E-state index >= 15 is 0 Å². The molecule has 0 bridgehead atoms.